The standard InChI is InChI=1S/C14H20ClNS/c1-3-16-9-7-11(8-10-16)12-5-4-6-13(17-2)14(12)15/h4-6,11H,3,7-10H2,1-2H3. The highest BCUT2D eigenvalue weighted by Gasteiger charge is 2.22. The van der Waals surface area contributed by atoms with Crippen molar-refractivity contribution in [1.29, 1.82) is 0 Å². The minimum absolute atomic E-state index is 0.650. The van der Waals surface area contributed by atoms with Gasteiger partial charge in [-0.25, -0.2) is 0 Å². The van der Waals surface area contributed by atoms with Crippen molar-refractivity contribution in [3.63, 3.8) is 0 Å². The van der Waals surface area contributed by atoms with Crippen molar-refractivity contribution in [2.75, 3.05) is 25.9 Å². The third-order valence-electron chi connectivity index (χ3n) is 3.69. The summed E-state index contributed by atoms with van der Waals surface area (Å²) in [5.74, 6) is 0.650. The lowest BCUT2D eigenvalue weighted by Crippen LogP contribution is -2.32. The minimum atomic E-state index is 0.650. The van der Waals surface area contributed by atoms with Crippen molar-refractivity contribution in [3.8, 4) is 0 Å². The van der Waals surface area contributed by atoms with Crippen molar-refractivity contribution in [2.24, 2.45) is 0 Å². The first-order valence-electron chi connectivity index (χ1n) is 6.31. The van der Waals surface area contributed by atoms with Gasteiger partial charge in [0.1, 0.15) is 0 Å². The van der Waals surface area contributed by atoms with Crippen LogP contribution in [0.15, 0.2) is 23.1 Å². The Hall–Kier alpha value is -0.180. The fraction of sp³-hybridized carbons (Fsp3) is 0.571. The molecule has 1 aromatic carbocycles. The van der Waals surface area contributed by atoms with Gasteiger partial charge < -0.3 is 4.90 Å². The maximum Gasteiger partial charge on any atom is 0.0576 e. The lowest BCUT2D eigenvalue weighted by Gasteiger charge is -2.31. The van der Waals surface area contributed by atoms with Crippen LogP contribution >= 0.6 is 23.4 Å². The fourth-order valence-electron chi connectivity index (χ4n) is 2.56. The molecule has 17 heavy (non-hydrogen) atoms. The molecule has 0 saturated carbocycles. The number of halogens is 1. The number of likely N-dealkylation sites (tertiary alicyclic amines) is 1. The Balaban J connectivity index is 2.13. The van der Waals surface area contributed by atoms with Crippen LogP contribution in [0.2, 0.25) is 5.02 Å². The Morgan fingerprint density at radius 1 is 1.35 bits per heavy atom. The van der Waals surface area contributed by atoms with Gasteiger partial charge in [0, 0.05) is 4.90 Å². The summed E-state index contributed by atoms with van der Waals surface area (Å²) >= 11 is 8.21. The summed E-state index contributed by atoms with van der Waals surface area (Å²) in [7, 11) is 0. The fourth-order valence-corrected chi connectivity index (χ4v) is 3.58. The monoisotopic (exact) mass is 269 g/mol. The topological polar surface area (TPSA) is 3.24 Å². The molecule has 0 bridgehead atoms. The Kier molecular flexibility index (Phi) is 4.78. The van der Waals surface area contributed by atoms with Crippen LogP contribution in [0.4, 0.5) is 0 Å². The average molecular weight is 270 g/mol. The molecular formula is C14H20ClNS. The molecule has 0 aliphatic carbocycles. The summed E-state index contributed by atoms with van der Waals surface area (Å²) in [5, 5.41) is 0.981. The van der Waals surface area contributed by atoms with Crippen LogP contribution < -0.4 is 0 Å². The van der Waals surface area contributed by atoms with E-state index in [4.69, 9.17) is 11.6 Å². The molecule has 1 fully saturated rings. The molecule has 1 saturated heterocycles. The van der Waals surface area contributed by atoms with Crippen molar-refractivity contribution in [2.45, 2.75) is 30.6 Å². The van der Waals surface area contributed by atoms with Gasteiger partial charge in [-0.1, -0.05) is 30.7 Å². The first-order chi connectivity index (χ1) is 8.26. The van der Waals surface area contributed by atoms with Gasteiger partial charge in [-0.3, -0.25) is 0 Å². The second-order valence-electron chi connectivity index (χ2n) is 4.57. The summed E-state index contributed by atoms with van der Waals surface area (Å²) in [6.45, 7) is 5.83. The normalized spacial score (nSPS) is 18.5. The molecule has 0 spiro atoms. The van der Waals surface area contributed by atoms with E-state index in [0.29, 0.717) is 5.92 Å². The van der Waals surface area contributed by atoms with E-state index in [1.807, 2.05) is 0 Å². The van der Waals surface area contributed by atoms with Crippen LogP contribution in [0.3, 0.4) is 0 Å². The predicted octanol–water partition coefficient (Wildman–Crippen LogP) is 4.26. The van der Waals surface area contributed by atoms with Crippen LogP contribution in [0.5, 0.6) is 0 Å². The van der Waals surface area contributed by atoms with Gasteiger partial charge in [0.05, 0.1) is 5.02 Å². The summed E-state index contributed by atoms with van der Waals surface area (Å²) < 4.78 is 0. The molecule has 1 aromatic rings. The number of thioether (sulfide) groups is 1. The van der Waals surface area contributed by atoms with E-state index in [1.165, 1.54) is 42.9 Å². The molecule has 0 N–H and O–H groups in total. The SMILES string of the molecule is CCN1CCC(c2cccc(SC)c2Cl)CC1. The molecule has 1 aliphatic rings. The third-order valence-corrected chi connectivity index (χ3v) is 5.00. The van der Waals surface area contributed by atoms with Crippen LogP contribution in [0, 0.1) is 0 Å². The van der Waals surface area contributed by atoms with E-state index >= 15 is 0 Å². The van der Waals surface area contributed by atoms with E-state index in [9.17, 15) is 0 Å². The molecule has 0 aromatic heterocycles. The predicted molar refractivity (Wildman–Crippen MR) is 77.3 cm³/mol. The molecule has 2 rings (SSSR count). The summed E-state index contributed by atoms with van der Waals surface area (Å²) in [6.07, 6.45) is 4.57. The minimum Gasteiger partial charge on any atom is -0.304 e. The van der Waals surface area contributed by atoms with Gasteiger partial charge in [0.2, 0.25) is 0 Å². The van der Waals surface area contributed by atoms with Crippen molar-refractivity contribution < 1.29 is 0 Å². The van der Waals surface area contributed by atoms with E-state index in [1.54, 1.807) is 11.8 Å². The van der Waals surface area contributed by atoms with Gasteiger partial charge in [0.15, 0.2) is 0 Å². The first kappa shape index (κ1) is 13.3. The maximum atomic E-state index is 6.48. The Morgan fingerprint density at radius 3 is 2.65 bits per heavy atom. The zero-order valence-corrected chi connectivity index (χ0v) is 12.2. The maximum absolute atomic E-state index is 6.48. The number of nitrogens with zero attached hydrogens (tertiary/aromatic N) is 1. The van der Waals surface area contributed by atoms with Gasteiger partial charge >= 0.3 is 0 Å². The van der Waals surface area contributed by atoms with E-state index in [-0.39, 0.29) is 0 Å². The number of hydrogen-bond acceptors (Lipinski definition) is 2. The molecule has 0 radical (unpaired) electrons. The largest absolute Gasteiger partial charge is 0.304 e. The van der Waals surface area contributed by atoms with E-state index in [0.717, 1.165) is 5.02 Å². The lowest BCUT2D eigenvalue weighted by atomic mass is 9.89. The van der Waals surface area contributed by atoms with Gasteiger partial charge in [-0.2, -0.15) is 0 Å². The number of piperidine rings is 1. The smallest absolute Gasteiger partial charge is 0.0576 e. The average Bonchev–Trinajstić information content (AvgIpc) is 2.39. The Labute approximate surface area is 114 Å². The zero-order chi connectivity index (χ0) is 12.3. The van der Waals surface area contributed by atoms with Gasteiger partial charge in [-0.05, 0) is 56.3 Å². The van der Waals surface area contributed by atoms with Gasteiger partial charge in [0.25, 0.3) is 0 Å². The Bertz CT molecular complexity index is 372. The quantitative estimate of drug-likeness (QED) is 0.755. The second kappa shape index (κ2) is 6.12. The molecule has 94 valence electrons. The van der Waals surface area contributed by atoms with Crippen LogP contribution in [-0.4, -0.2) is 30.8 Å². The van der Waals surface area contributed by atoms with E-state index < -0.39 is 0 Å². The highest BCUT2D eigenvalue weighted by molar-refractivity contribution is 7.98. The molecule has 0 atom stereocenters. The molecule has 0 unspecified atom stereocenters. The second-order valence-corrected chi connectivity index (χ2v) is 5.80. The van der Waals surface area contributed by atoms with Crippen molar-refractivity contribution >= 4 is 23.4 Å². The Morgan fingerprint density at radius 2 is 2.06 bits per heavy atom. The highest BCUT2D eigenvalue weighted by Crippen LogP contribution is 2.37. The molecular weight excluding hydrogens is 250 g/mol. The molecule has 0 amide bonds. The number of benzene rings is 1. The molecule has 1 nitrogen and oxygen atoms in total. The zero-order valence-electron chi connectivity index (χ0n) is 10.6. The van der Waals surface area contributed by atoms with Crippen LogP contribution in [-0.2, 0) is 0 Å². The summed E-state index contributed by atoms with van der Waals surface area (Å²) in [6, 6.07) is 6.45. The van der Waals surface area contributed by atoms with Gasteiger partial charge in [-0.15, -0.1) is 11.8 Å². The van der Waals surface area contributed by atoms with Crippen molar-refractivity contribution in [1.82, 2.24) is 4.90 Å². The lowest BCUT2D eigenvalue weighted by molar-refractivity contribution is 0.222. The number of rotatable bonds is 3. The molecule has 1 heterocycles. The van der Waals surface area contributed by atoms with Crippen molar-refractivity contribution in [3.05, 3.63) is 28.8 Å². The summed E-state index contributed by atoms with van der Waals surface area (Å²) in [4.78, 5) is 3.73. The highest BCUT2D eigenvalue weighted by atomic mass is 35.5. The molecule has 3 heteroatoms. The molecule has 1 aliphatic heterocycles. The third kappa shape index (κ3) is 2.98. The van der Waals surface area contributed by atoms with Crippen LogP contribution in [0.25, 0.3) is 0 Å². The first-order valence-corrected chi connectivity index (χ1v) is 7.91. The van der Waals surface area contributed by atoms with E-state index in [2.05, 4.69) is 36.3 Å². The number of hydrogen-bond donors (Lipinski definition) is 0. The summed E-state index contributed by atoms with van der Waals surface area (Å²) in [5.41, 5.74) is 1.36. The van der Waals surface area contributed by atoms with Crippen LogP contribution in [0.1, 0.15) is 31.2 Å².